The minimum absolute atomic E-state index is 0.731. The molecule has 1 fully saturated rings. The first-order valence-corrected chi connectivity index (χ1v) is 5.28. The van der Waals surface area contributed by atoms with Crippen molar-refractivity contribution in [3.8, 4) is 0 Å². The van der Waals surface area contributed by atoms with Gasteiger partial charge in [-0.25, -0.2) is 9.97 Å². The number of aryl methyl sites for hydroxylation is 2. The van der Waals surface area contributed by atoms with Gasteiger partial charge in [0.15, 0.2) is 0 Å². The van der Waals surface area contributed by atoms with Crippen molar-refractivity contribution in [1.29, 1.82) is 0 Å². The maximum Gasteiger partial charge on any atom is 0.115 e. The van der Waals surface area contributed by atoms with Crippen LogP contribution in [0.2, 0.25) is 0 Å². The van der Waals surface area contributed by atoms with Crippen LogP contribution < -0.4 is 5.32 Å². The first-order valence-electron chi connectivity index (χ1n) is 5.28. The largest absolute Gasteiger partial charge is 0.310 e. The summed E-state index contributed by atoms with van der Waals surface area (Å²) in [5.74, 6) is 0. The van der Waals surface area contributed by atoms with E-state index >= 15 is 0 Å². The van der Waals surface area contributed by atoms with Gasteiger partial charge in [-0.3, -0.25) is 0 Å². The van der Waals surface area contributed by atoms with E-state index in [0.717, 1.165) is 24.0 Å². The van der Waals surface area contributed by atoms with E-state index in [1.54, 1.807) is 6.33 Å². The van der Waals surface area contributed by atoms with E-state index < -0.39 is 0 Å². The predicted octanol–water partition coefficient (Wildman–Crippen LogP) is 1.74. The van der Waals surface area contributed by atoms with Gasteiger partial charge in [-0.15, -0.1) is 0 Å². The summed E-state index contributed by atoms with van der Waals surface area (Å²) in [6.45, 7) is 5.02. The summed E-state index contributed by atoms with van der Waals surface area (Å²) in [4.78, 5) is 8.42. The fourth-order valence-electron chi connectivity index (χ4n) is 1.73. The van der Waals surface area contributed by atoms with Crippen LogP contribution in [0.4, 0.5) is 0 Å². The van der Waals surface area contributed by atoms with E-state index in [0.29, 0.717) is 0 Å². The molecule has 0 aliphatic heterocycles. The lowest BCUT2D eigenvalue weighted by Crippen LogP contribution is -2.35. The number of nitrogens with one attached hydrogen (secondary N) is 1. The van der Waals surface area contributed by atoms with E-state index in [9.17, 15) is 0 Å². The Morgan fingerprint density at radius 3 is 2.43 bits per heavy atom. The van der Waals surface area contributed by atoms with Gasteiger partial charge in [0.25, 0.3) is 0 Å². The Kier molecular flexibility index (Phi) is 2.77. The third-order valence-electron chi connectivity index (χ3n) is 3.05. The molecule has 3 heteroatoms. The molecule has 0 atom stereocenters. The fourth-order valence-corrected chi connectivity index (χ4v) is 1.73. The number of hydrogen-bond acceptors (Lipinski definition) is 3. The molecule has 1 aliphatic rings. The summed E-state index contributed by atoms with van der Waals surface area (Å²) in [5, 5.41) is 3.54. The predicted molar refractivity (Wildman–Crippen MR) is 56.0 cm³/mol. The van der Waals surface area contributed by atoms with Crippen molar-refractivity contribution in [2.24, 2.45) is 0 Å². The molecule has 0 saturated heterocycles. The molecule has 0 unspecified atom stereocenters. The standard InChI is InChI=1S/C11H17N3/c1-8-11(9(2)14-7-13-8)6-12-10-4-3-5-10/h7,10,12H,3-6H2,1-2H3. The molecule has 1 aliphatic carbocycles. The molecule has 0 spiro atoms. The second kappa shape index (κ2) is 4.05. The summed E-state index contributed by atoms with van der Waals surface area (Å²) in [7, 11) is 0. The molecule has 0 radical (unpaired) electrons. The summed E-state index contributed by atoms with van der Waals surface area (Å²) >= 11 is 0. The van der Waals surface area contributed by atoms with Gasteiger partial charge in [0.1, 0.15) is 6.33 Å². The highest BCUT2D eigenvalue weighted by Crippen LogP contribution is 2.19. The second-order valence-electron chi connectivity index (χ2n) is 4.03. The van der Waals surface area contributed by atoms with Crippen molar-refractivity contribution in [1.82, 2.24) is 15.3 Å². The van der Waals surface area contributed by atoms with Crippen LogP contribution in [0.1, 0.15) is 36.2 Å². The summed E-state index contributed by atoms with van der Waals surface area (Å²) in [5.41, 5.74) is 3.47. The molecule has 1 aromatic heterocycles. The summed E-state index contributed by atoms with van der Waals surface area (Å²) in [6.07, 6.45) is 5.66. The van der Waals surface area contributed by atoms with Gasteiger partial charge in [-0.05, 0) is 26.7 Å². The van der Waals surface area contributed by atoms with Gasteiger partial charge < -0.3 is 5.32 Å². The molecule has 1 N–H and O–H groups in total. The van der Waals surface area contributed by atoms with Crippen LogP contribution in [-0.4, -0.2) is 16.0 Å². The first-order chi connectivity index (χ1) is 6.77. The monoisotopic (exact) mass is 191 g/mol. The molecule has 76 valence electrons. The molecule has 0 aromatic carbocycles. The lowest BCUT2D eigenvalue weighted by molar-refractivity contribution is 0.337. The van der Waals surface area contributed by atoms with Crippen LogP contribution in [0.25, 0.3) is 0 Å². The van der Waals surface area contributed by atoms with E-state index in [2.05, 4.69) is 15.3 Å². The highest BCUT2D eigenvalue weighted by Gasteiger charge is 2.17. The van der Waals surface area contributed by atoms with Crippen molar-refractivity contribution in [2.75, 3.05) is 0 Å². The lowest BCUT2D eigenvalue weighted by Gasteiger charge is -2.27. The Balaban J connectivity index is 2.00. The van der Waals surface area contributed by atoms with Crippen molar-refractivity contribution in [3.05, 3.63) is 23.3 Å². The Hall–Kier alpha value is -0.960. The second-order valence-corrected chi connectivity index (χ2v) is 4.03. The number of nitrogens with zero attached hydrogens (tertiary/aromatic N) is 2. The van der Waals surface area contributed by atoms with E-state index in [1.165, 1.54) is 24.8 Å². The minimum Gasteiger partial charge on any atom is -0.310 e. The summed E-state index contributed by atoms with van der Waals surface area (Å²) in [6, 6.07) is 0.731. The zero-order valence-electron chi connectivity index (χ0n) is 8.88. The molecule has 2 rings (SSSR count). The third kappa shape index (κ3) is 1.93. The van der Waals surface area contributed by atoms with Crippen LogP contribution in [0.3, 0.4) is 0 Å². The Morgan fingerprint density at radius 1 is 1.29 bits per heavy atom. The van der Waals surface area contributed by atoms with Crippen molar-refractivity contribution >= 4 is 0 Å². The van der Waals surface area contributed by atoms with Crippen LogP contribution in [0.5, 0.6) is 0 Å². The van der Waals surface area contributed by atoms with Crippen molar-refractivity contribution < 1.29 is 0 Å². The lowest BCUT2D eigenvalue weighted by atomic mass is 9.93. The molecule has 1 aromatic rings. The van der Waals surface area contributed by atoms with Gasteiger partial charge in [0.2, 0.25) is 0 Å². The smallest absolute Gasteiger partial charge is 0.115 e. The third-order valence-corrected chi connectivity index (χ3v) is 3.05. The first kappa shape index (κ1) is 9.59. The Bertz CT molecular complexity index is 298. The zero-order chi connectivity index (χ0) is 9.97. The number of rotatable bonds is 3. The molecule has 0 bridgehead atoms. The Labute approximate surface area is 85.0 Å². The molecule has 3 nitrogen and oxygen atoms in total. The van der Waals surface area contributed by atoms with Crippen molar-refractivity contribution in [2.45, 2.75) is 45.7 Å². The van der Waals surface area contributed by atoms with Gasteiger partial charge in [0.05, 0.1) is 0 Å². The van der Waals surface area contributed by atoms with Crippen LogP contribution in [0, 0.1) is 13.8 Å². The topological polar surface area (TPSA) is 37.8 Å². The average molecular weight is 191 g/mol. The highest BCUT2D eigenvalue weighted by atomic mass is 14.9. The SMILES string of the molecule is Cc1ncnc(C)c1CNC1CCC1. The summed E-state index contributed by atoms with van der Waals surface area (Å²) < 4.78 is 0. The molecule has 1 saturated carbocycles. The maximum atomic E-state index is 4.21. The van der Waals surface area contributed by atoms with Crippen LogP contribution in [-0.2, 0) is 6.54 Å². The normalized spacial score (nSPS) is 16.7. The van der Waals surface area contributed by atoms with E-state index in [-0.39, 0.29) is 0 Å². The van der Waals surface area contributed by atoms with Crippen LogP contribution in [0.15, 0.2) is 6.33 Å². The van der Waals surface area contributed by atoms with Gasteiger partial charge >= 0.3 is 0 Å². The van der Waals surface area contributed by atoms with E-state index in [4.69, 9.17) is 0 Å². The molecular formula is C11H17N3. The highest BCUT2D eigenvalue weighted by molar-refractivity contribution is 5.22. The van der Waals surface area contributed by atoms with Gasteiger partial charge in [0, 0.05) is 29.5 Å². The molecule has 14 heavy (non-hydrogen) atoms. The number of hydrogen-bond donors (Lipinski definition) is 1. The molecule has 0 amide bonds. The van der Waals surface area contributed by atoms with Crippen LogP contribution >= 0.6 is 0 Å². The van der Waals surface area contributed by atoms with Crippen molar-refractivity contribution in [3.63, 3.8) is 0 Å². The quantitative estimate of drug-likeness (QED) is 0.790. The number of aromatic nitrogens is 2. The van der Waals surface area contributed by atoms with Gasteiger partial charge in [-0.1, -0.05) is 6.42 Å². The maximum absolute atomic E-state index is 4.21. The molecule has 1 heterocycles. The molecular weight excluding hydrogens is 174 g/mol. The Morgan fingerprint density at radius 2 is 1.93 bits per heavy atom. The van der Waals surface area contributed by atoms with Gasteiger partial charge in [-0.2, -0.15) is 0 Å². The minimum atomic E-state index is 0.731. The zero-order valence-corrected chi connectivity index (χ0v) is 8.88. The fraction of sp³-hybridized carbons (Fsp3) is 0.636. The average Bonchev–Trinajstić information content (AvgIpc) is 2.07. The van der Waals surface area contributed by atoms with E-state index in [1.807, 2.05) is 13.8 Å².